The van der Waals surface area contributed by atoms with Gasteiger partial charge in [-0.05, 0) is 24.6 Å². The van der Waals surface area contributed by atoms with E-state index in [1.165, 1.54) is 10.9 Å². The predicted molar refractivity (Wildman–Crippen MR) is 58.1 cm³/mol. The summed E-state index contributed by atoms with van der Waals surface area (Å²) in [4.78, 5) is 4.12. The van der Waals surface area contributed by atoms with Crippen LogP contribution in [-0.4, -0.2) is 15.5 Å². The summed E-state index contributed by atoms with van der Waals surface area (Å²) in [7, 11) is 0. The molecular weight excluding hydrogens is 234 g/mol. The molecule has 2 aromatic rings. The molecule has 0 saturated heterocycles. The smallest absolute Gasteiger partial charge is 0.270 e. The minimum atomic E-state index is -2.59. The lowest BCUT2D eigenvalue weighted by Gasteiger charge is -2.03. The Morgan fingerprint density at radius 2 is 2.19 bits per heavy atom. The topological polar surface area (TPSA) is 17.8 Å². The monoisotopic (exact) mass is 242 g/mol. The average molecular weight is 243 g/mol. The first-order valence-corrected chi connectivity index (χ1v) is 5.37. The van der Waals surface area contributed by atoms with E-state index in [0.717, 1.165) is 5.56 Å². The molecule has 0 radical (unpaired) electrons. The van der Waals surface area contributed by atoms with Gasteiger partial charge in [-0.1, -0.05) is 11.6 Å². The fourth-order valence-electron chi connectivity index (χ4n) is 1.90. The number of fused-ring (bicyclic) bond motifs is 1. The Hall–Kier alpha value is -1.16. The van der Waals surface area contributed by atoms with Crippen LogP contribution in [0.25, 0.3) is 11.0 Å². The van der Waals surface area contributed by atoms with Gasteiger partial charge in [0.1, 0.15) is 6.04 Å². The second kappa shape index (κ2) is 2.94. The van der Waals surface area contributed by atoms with Gasteiger partial charge in [0.2, 0.25) is 0 Å². The van der Waals surface area contributed by atoms with Gasteiger partial charge in [0, 0.05) is 11.4 Å². The van der Waals surface area contributed by atoms with Crippen molar-refractivity contribution in [1.82, 2.24) is 9.55 Å². The Labute approximate surface area is 95.8 Å². The van der Waals surface area contributed by atoms with Gasteiger partial charge >= 0.3 is 0 Å². The molecule has 1 heterocycles. The van der Waals surface area contributed by atoms with Crippen molar-refractivity contribution in [2.75, 3.05) is 0 Å². The summed E-state index contributed by atoms with van der Waals surface area (Å²) in [5.41, 5.74) is 2.30. The number of hydrogen-bond donors (Lipinski definition) is 0. The molecule has 1 atom stereocenters. The summed E-state index contributed by atoms with van der Waals surface area (Å²) in [5, 5.41) is 0.582. The first-order valence-electron chi connectivity index (χ1n) is 4.99. The lowest BCUT2D eigenvalue weighted by Crippen LogP contribution is -2.00. The maximum Gasteiger partial charge on any atom is 0.270 e. The highest BCUT2D eigenvalue weighted by molar-refractivity contribution is 6.32. The first kappa shape index (κ1) is 10.0. The molecule has 0 amide bonds. The average Bonchev–Trinajstić information content (AvgIpc) is 2.66. The first-order chi connectivity index (χ1) is 7.49. The Balaban J connectivity index is 2.17. The summed E-state index contributed by atoms with van der Waals surface area (Å²) in [6, 6.07) is 2.76. The number of alkyl halides is 2. The van der Waals surface area contributed by atoms with Crippen molar-refractivity contribution in [3.05, 3.63) is 29.0 Å². The summed E-state index contributed by atoms with van der Waals surface area (Å²) >= 11 is 5.98. The summed E-state index contributed by atoms with van der Waals surface area (Å²) in [6.07, 6.45) is 1.36. The Morgan fingerprint density at radius 1 is 1.50 bits per heavy atom. The van der Waals surface area contributed by atoms with Crippen LogP contribution in [0.3, 0.4) is 0 Å². The van der Waals surface area contributed by atoms with E-state index >= 15 is 0 Å². The molecule has 1 aliphatic rings. The van der Waals surface area contributed by atoms with Gasteiger partial charge in [-0.25, -0.2) is 13.8 Å². The molecule has 84 valence electrons. The minimum absolute atomic E-state index is 0.107. The largest absolute Gasteiger partial charge is 0.321 e. The molecular formula is C11H9ClF2N2. The molecule has 0 bridgehead atoms. The van der Waals surface area contributed by atoms with Gasteiger partial charge in [-0.15, -0.1) is 0 Å². The maximum absolute atomic E-state index is 13.0. The van der Waals surface area contributed by atoms with Crippen LogP contribution in [0.15, 0.2) is 18.5 Å². The highest BCUT2D eigenvalue weighted by atomic mass is 35.5. The molecule has 0 spiro atoms. The van der Waals surface area contributed by atoms with Gasteiger partial charge in [0.05, 0.1) is 17.4 Å². The third-order valence-electron chi connectivity index (χ3n) is 2.98. The van der Waals surface area contributed by atoms with E-state index in [0.29, 0.717) is 16.1 Å². The van der Waals surface area contributed by atoms with Gasteiger partial charge in [-0.2, -0.15) is 0 Å². The third kappa shape index (κ3) is 1.33. The molecule has 2 nitrogen and oxygen atoms in total. The van der Waals surface area contributed by atoms with E-state index in [4.69, 9.17) is 11.6 Å². The van der Waals surface area contributed by atoms with Crippen LogP contribution in [0.1, 0.15) is 18.0 Å². The molecule has 1 fully saturated rings. The van der Waals surface area contributed by atoms with Gasteiger partial charge in [0.15, 0.2) is 0 Å². The molecule has 16 heavy (non-hydrogen) atoms. The van der Waals surface area contributed by atoms with Crippen LogP contribution in [0, 0.1) is 6.92 Å². The third-order valence-corrected chi connectivity index (χ3v) is 3.39. The second-order valence-electron chi connectivity index (χ2n) is 4.22. The van der Waals surface area contributed by atoms with Crippen LogP contribution in [0.5, 0.6) is 0 Å². The number of aromatic nitrogens is 2. The van der Waals surface area contributed by atoms with Crippen molar-refractivity contribution >= 4 is 22.6 Å². The van der Waals surface area contributed by atoms with E-state index < -0.39 is 12.0 Å². The van der Waals surface area contributed by atoms with Crippen LogP contribution in [-0.2, 0) is 0 Å². The van der Waals surface area contributed by atoms with E-state index in [-0.39, 0.29) is 6.42 Å². The molecule has 3 rings (SSSR count). The zero-order valence-electron chi connectivity index (χ0n) is 8.54. The molecule has 1 saturated carbocycles. The van der Waals surface area contributed by atoms with E-state index in [9.17, 15) is 8.78 Å². The molecule has 1 aromatic carbocycles. The summed E-state index contributed by atoms with van der Waals surface area (Å²) in [6.45, 7) is 1.87. The van der Waals surface area contributed by atoms with E-state index in [2.05, 4.69) is 4.98 Å². The quantitative estimate of drug-likeness (QED) is 0.747. The Morgan fingerprint density at radius 3 is 2.81 bits per heavy atom. The fourth-order valence-corrected chi connectivity index (χ4v) is 2.06. The van der Waals surface area contributed by atoms with E-state index in [1.807, 2.05) is 13.0 Å². The molecule has 1 aromatic heterocycles. The SMILES string of the molecule is Cc1cc2ncn(C3CC3(F)F)c2cc1Cl. The molecule has 1 aliphatic carbocycles. The van der Waals surface area contributed by atoms with Crippen molar-refractivity contribution in [1.29, 1.82) is 0 Å². The zero-order valence-corrected chi connectivity index (χ0v) is 9.30. The number of aryl methyl sites for hydroxylation is 1. The normalized spacial score (nSPS) is 22.6. The standard InChI is InChI=1S/C11H9ClF2N2/c1-6-2-8-9(3-7(6)12)16(5-15-8)10-4-11(10,13)14/h2-3,5,10H,4H2,1H3. The number of hydrogen-bond acceptors (Lipinski definition) is 1. The van der Waals surface area contributed by atoms with Crippen LogP contribution < -0.4 is 0 Å². The summed E-state index contributed by atoms with van der Waals surface area (Å²) < 4.78 is 27.5. The summed E-state index contributed by atoms with van der Waals surface area (Å²) in [5.74, 6) is -2.59. The number of rotatable bonds is 1. The fraction of sp³-hybridized carbons (Fsp3) is 0.364. The van der Waals surface area contributed by atoms with Gasteiger partial charge in [0.25, 0.3) is 5.92 Å². The number of benzene rings is 1. The van der Waals surface area contributed by atoms with E-state index in [1.54, 1.807) is 6.07 Å². The lowest BCUT2D eigenvalue weighted by molar-refractivity contribution is 0.101. The molecule has 5 heteroatoms. The van der Waals surface area contributed by atoms with Crippen molar-refractivity contribution in [3.63, 3.8) is 0 Å². The second-order valence-corrected chi connectivity index (χ2v) is 4.63. The van der Waals surface area contributed by atoms with Crippen LogP contribution in [0.4, 0.5) is 8.78 Å². The van der Waals surface area contributed by atoms with Crippen molar-refractivity contribution in [2.24, 2.45) is 0 Å². The maximum atomic E-state index is 13.0. The minimum Gasteiger partial charge on any atom is -0.321 e. The highest BCUT2D eigenvalue weighted by Crippen LogP contribution is 2.53. The van der Waals surface area contributed by atoms with Gasteiger partial charge < -0.3 is 4.57 Å². The number of halogens is 3. The van der Waals surface area contributed by atoms with Crippen molar-refractivity contribution < 1.29 is 8.78 Å². The van der Waals surface area contributed by atoms with Crippen molar-refractivity contribution in [3.8, 4) is 0 Å². The highest BCUT2D eigenvalue weighted by Gasteiger charge is 2.58. The number of nitrogens with zero attached hydrogens (tertiary/aromatic N) is 2. The van der Waals surface area contributed by atoms with Crippen LogP contribution >= 0.6 is 11.6 Å². The van der Waals surface area contributed by atoms with Crippen molar-refractivity contribution in [2.45, 2.75) is 25.3 Å². The van der Waals surface area contributed by atoms with Crippen LogP contribution in [0.2, 0.25) is 5.02 Å². The Kier molecular flexibility index (Phi) is 1.84. The Bertz CT molecular complexity index is 577. The molecule has 0 aliphatic heterocycles. The molecule has 1 unspecified atom stereocenters. The van der Waals surface area contributed by atoms with Gasteiger partial charge in [-0.3, -0.25) is 0 Å². The lowest BCUT2D eigenvalue weighted by atomic mass is 10.2. The predicted octanol–water partition coefficient (Wildman–Crippen LogP) is 3.58. The number of imidazole rings is 1. The molecule has 0 N–H and O–H groups in total. The zero-order chi connectivity index (χ0) is 11.5.